The molecule has 0 saturated carbocycles. The lowest BCUT2D eigenvalue weighted by atomic mass is 9.84. The van der Waals surface area contributed by atoms with Gasteiger partial charge >= 0.3 is 0 Å². The summed E-state index contributed by atoms with van der Waals surface area (Å²) >= 11 is 0. The van der Waals surface area contributed by atoms with E-state index < -0.39 is 0 Å². The zero-order valence-electron chi connectivity index (χ0n) is 12.5. The maximum Gasteiger partial charge on any atom is 0.0298 e. The average molecular weight is 248 g/mol. The highest BCUT2D eigenvalue weighted by Gasteiger charge is 2.16. The van der Waals surface area contributed by atoms with E-state index in [2.05, 4.69) is 51.2 Å². The Bertz CT molecular complexity index is 377. The van der Waals surface area contributed by atoms with Crippen LogP contribution in [-0.4, -0.2) is 13.6 Å². The number of rotatable bonds is 5. The van der Waals surface area contributed by atoms with Crippen LogP contribution in [0.4, 0.5) is 0 Å². The van der Waals surface area contributed by atoms with Crippen LogP contribution >= 0.6 is 0 Å². The summed E-state index contributed by atoms with van der Waals surface area (Å²) in [5.74, 6) is 0. The zero-order valence-corrected chi connectivity index (χ0v) is 12.5. The minimum Gasteiger partial charge on any atom is -0.324 e. The normalized spacial score (nSPS) is 13.7. The number of nitrogens with two attached hydrogens (primary N) is 1. The standard InChI is InChI=1S/C16H28N2/c1-12-8-9-13(16(2,3)4)11-14(12)15(17)7-6-10-18-5/h8-9,11,15,18H,6-7,10,17H2,1-5H3. The molecule has 0 saturated heterocycles. The molecule has 0 spiro atoms. The maximum absolute atomic E-state index is 6.32. The monoisotopic (exact) mass is 248 g/mol. The molecule has 0 heterocycles. The third kappa shape index (κ3) is 4.11. The highest BCUT2D eigenvalue weighted by molar-refractivity contribution is 5.36. The van der Waals surface area contributed by atoms with Gasteiger partial charge in [-0.05, 0) is 55.5 Å². The van der Waals surface area contributed by atoms with Gasteiger partial charge in [-0.2, -0.15) is 0 Å². The Morgan fingerprint density at radius 1 is 1.28 bits per heavy atom. The predicted molar refractivity (Wildman–Crippen MR) is 80.0 cm³/mol. The lowest BCUT2D eigenvalue weighted by Crippen LogP contribution is -2.17. The van der Waals surface area contributed by atoms with Crippen molar-refractivity contribution in [3.8, 4) is 0 Å². The van der Waals surface area contributed by atoms with Gasteiger partial charge in [0.25, 0.3) is 0 Å². The van der Waals surface area contributed by atoms with Gasteiger partial charge in [0, 0.05) is 6.04 Å². The molecule has 18 heavy (non-hydrogen) atoms. The van der Waals surface area contributed by atoms with Crippen molar-refractivity contribution in [1.29, 1.82) is 0 Å². The fourth-order valence-corrected chi connectivity index (χ4v) is 2.16. The molecule has 0 bridgehead atoms. The summed E-state index contributed by atoms with van der Waals surface area (Å²) in [5, 5.41) is 3.17. The second kappa shape index (κ2) is 6.35. The van der Waals surface area contributed by atoms with Gasteiger partial charge in [0.15, 0.2) is 0 Å². The van der Waals surface area contributed by atoms with E-state index in [1.54, 1.807) is 0 Å². The fraction of sp³-hybridized carbons (Fsp3) is 0.625. The fourth-order valence-electron chi connectivity index (χ4n) is 2.16. The Kier molecular flexibility index (Phi) is 5.36. The van der Waals surface area contributed by atoms with E-state index in [1.165, 1.54) is 16.7 Å². The molecule has 1 aromatic carbocycles. The molecule has 1 unspecified atom stereocenters. The number of nitrogens with one attached hydrogen (secondary N) is 1. The first-order valence-corrected chi connectivity index (χ1v) is 6.87. The van der Waals surface area contributed by atoms with Crippen molar-refractivity contribution >= 4 is 0 Å². The van der Waals surface area contributed by atoms with Crippen LogP contribution in [0.15, 0.2) is 18.2 Å². The lowest BCUT2D eigenvalue weighted by Gasteiger charge is -2.23. The van der Waals surface area contributed by atoms with Crippen LogP contribution < -0.4 is 11.1 Å². The van der Waals surface area contributed by atoms with Crippen LogP contribution in [0.5, 0.6) is 0 Å². The van der Waals surface area contributed by atoms with Crippen LogP contribution in [0, 0.1) is 6.92 Å². The minimum atomic E-state index is 0.153. The summed E-state index contributed by atoms with van der Waals surface area (Å²) in [7, 11) is 1.98. The molecule has 0 amide bonds. The number of hydrogen-bond donors (Lipinski definition) is 2. The van der Waals surface area contributed by atoms with Gasteiger partial charge in [0.1, 0.15) is 0 Å². The van der Waals surface area contributed by atoms with Crippen molar-refractivity contribution in [2.75, 3.05) is 13.6 Å². The summed E-state index contributed by atoms with van der Waals surface area (Å²) in [6, 6.07) is 6.87. The minimum absolute atomic E-state index is 0.153. The summed E-state index contributed by atoms with van der Waals surface area (Å²) in [6.07, 6.45) is 2.16. The van der Waals surface area contributed by atoms with Crippen molar-refractivity contribution in [2.24, 2.45) is 5.73 Å². The third-order valence-electron chi connectivity index (χ3n) is 3.49. The number of aryl methyl sites for hydroxylation is 1. The van der Waals surface area contributed by atoms with Gasteiger partial charge in [0.2, 0.25) is 0 Å². The van der Waals surface area contributed by atoms with Gasteiger partial charge in [-0.15, -0.1) is 0 Å². The Morgan fingerprint density at radius 3 is 2.50 bits per heavy atom. The van der Waals surface area contributed by atoms with Crippen molar-refractivity contribution in [3.05, 3.63) is 34.9 Å². The molecule has 2 nitrogen and oxygen atoms in total. The van der Waals surface area contributed by atoms with Crippen molar-refractivity contribution in [1.82, 2.24) is 5.32 Å². The topological polar surface area (TPSA) is 38.0 Å². The SMILES string of the molecule is CNCCCC(N)c1cc(C(C)(C)C)ccc1C. The molecule has 2 heteroatoms. The highest BCUT2D eigenvalue weighted by atomic mass is 14.8. The number of hydrogen-bond acceptors (Lipinski definition) is 2. The first-order chi connectivity index (χ1) is 8.36. The maximum atomic E-state index is 6.32. The second-order valence-corrected chi connectivity index (χ2v) is 6.17. The molecule has 3 N–H and O–H groups in total. The Morgan fingerprint density at radius 2 is 1.94 bits per heavy atom. The van der Waals surface area contributed by atoms with Crippen LogP contribution in [0.2, 0.25) is 0 Å². The van der Waals surface area contributed by atoms with E-state index in [0.717, 1.165) is 19.4 Å². The molecule has 102 valence electrons. The predicted octanol–water partition coefficient (Wildman–Crippen LogP) is 3.29. The summed E-state index contributed by atoms with van der Waals surface area (Å²) in [5.41, 5.74) is 10.5. The smallest absolute Gasteiger partial charge is 0.0298 e. The van der Waals surface area contributed by atoms with Crippen LogP contribution in [0.1, 0.15) is 56.3 Å². The van der Waals surface area contributed by atoms with E-state index in [1.807, 2.05) is 7.05 Å². The van der Waals surface area contributed by atoms with Crippen molar-refractivity contribution in [2.45, 2.75) is 52.0 Å². The Labute approximate surface area is 112 Å². The molecule has 1 rings (SSSR count). The molecular formula is C16H28N2. The molecule has 1 atom stereocenters. The largest absolute Gasteiger partial charge is 0.324 e. The van der Waals surface area contributed by atoms with E-state index in [4.69, 9.17) is 5.73 Å². The van der Waals surface area contributed by atoms with E-state index >= 15 is 0 Å². The first kappa shape index (κ1) is 15.2. The Hall–Kier alpha value is -0.860. The molecule has 1 aromatic rings. The van der Waals surface area contributed by atoms with Gasteiger partial charge in [-0.3, -0.25) is 0 Å². The molecule has 0 fully saturated rings. The van der Waals surface area contributed by atoms with Crippen molar-refractivity contribution < 1.29 is 0 Å². The summed E-state index contributed by atoms with van der Waals surface area (Å²) < 4.78 is 0. The second-order valence-electron chi connectivity index (χ2n) is 6.17. The average Bonchev–Trinajstić information content (AvgIpc) is 2.28. The van der Waals surface area contributed by atoms with Gasteiger partial charge in [0.05, 0.1) is 0 Å². The van der Waals surface area contributed by atoms with Gasteiger partial charge in [-0.25, -0.2) is 0 Å². The van der Waals surface area contributed by atoms with Gasteiger partial charge < -0.3 is 11.1 Å². The number of benzene rings is 1. The molecule has 0 aliphatic heterocycles. The van der Waals surface area contributed by atoms with E-state index in [9.17, 15) is 0 Å². The Balaban J connectivity index is 2.86. The molecule has 0 aliphatic rings. The van der Waals surface area contributed by atoms with Crippen LogP contribution in [-0.2, 0) is 5.41 Å². The summed E-state index contributed by atoms with van der Waals surface area (Å²) in [6.45, 7) is 9.92. The zero-order chi connectivity index (χ0) is 13.8. The quantitative estimate of drug-likeness (QED) is 0.785. The lowest BCUT2D eigenvalue weighted by molar-refractivity contribution is 0.573. The molecule has 0 radical (unpaired) electrons. The summed E-state index contributed by atoms with van der Waals surface area (Å²) in [4.78, 5) is 0. The van der Waals surface area contributed by atoms with Crippen LogP contribution in [0.3, 0.4) is 0 Å². The van der Waals surface area contributed by atoms with E-state index in [-0.39, 0.29) is 11.5 Å². The van der Waals surface area contributed by atoms with Gasteiger partial charge in [-0.1, -0.05) is 39.0 Å². The van der Waals surface area contributed by atoms with Crippen molar-refractivity contribution in [3.63, 3.8) is 0 Å². The third-order valence-corrected chi connectivity index (χ3v) is 3.49. The van der Waals surface area contributed by atoms with E-state index in [0.29, 0.717) is 0 Å². The highest BCUT2D eigenvalue weighted by Crippen LogP contribution is 2.28. The first-order valence-electron chi connectivity index (χ1n) is 6.87. The molecule has 0 aromatic heterocycles. The van der Waals surface area contributed by atoms with Crippen LogP contribution in [0.25, 0.3) is 0 Å². The molecule has 0 aliphatic carbocycles. The molecular weight excluding hydrogens is 220 g/mol.